The van der Waals surface area contributed by atoms with Gasteiger partial charge in [0.1, 0.15) is 5.01 Å². The molecular formula is C17H22N4O2S. The average Bonchev–Trinajstić information content (AvgIpc) is 3.12. The highest BCUT2D eigenvalue weighted by atomic mass is 32.1. The number of anilines is 1. The van der Waals surface area contributed by atoms with Gasteiger partial charge in [-0.05, 0) is 18.6 Å². The SMILES string of the molecule is C[C@H](NC(=O)Nc1ccccc1CN1CCOCC1)c1nccs1. The number of nitrogens with one attached hydrogen (secondary N) is 2. The van der Waals surface area contributed by atoms with Gasteiger partial charge in [0, 0.05) is 36.9 Å². The minimum Gasteiger partial charge on any atom is -0.379 e. The van der Waals surface area contributed by atoms with E-state index in [2.05, 4.69) is 26.6 Å². The van der Waals surface area contributed by atoms with E-state index in [1.165, 1.54) is 11.3 Å². The molecule has 2 aromatic rings. The van der Waals surface area contributed by atoms with Crippen molar-refractivity contribution >= 4 is 23.1 Å². The van der Waals surface area contributed by atoms with E-state index in [4.69, 9.17) is 4.74 Å². The normalized spacial score (nSPS) is 16.5. The summed E-state index contributed by atoms with van der Waals surface area (Å²) in [5, 5.41) is 8.69. The second-order valence-corrected chi connectivity index (χ2v) is 6.66. The number of para-hydroxylation sites is 1. The minimum atomic E-state index is -0.216. The van der Waals surface area contributed by atoms with Crippen LogP contribution in [0.2, 0.25) is 0 Å². The Kier molecular flexibility index (Phi) is 5.79. The van der Waals surface area contributed by atoms with Gasteiger partial charge >= 0.3 is 6.03 Å². The summed E-state index contributed by atoms with van der Waals surface area (Å²) in [6, 6.07) is 7.59. The molecule has 0 bridgehead atoms. The van der Waals surface area contributed by atoms with Crippen LogP contribution in [0, 0.1) is 0 Å². The van der Waals surface area contributed by atoms with Crippen LogP contribution in [0.3, 0.4) is 0 Å². The van der Waals surface area contributed by atoms with Crippen molar-refractivity contribution in [3.8, 4) is 0 Å². The lowest BCUT2D eigenvalue weighted by Crippen LogP contribution is -2.36. The Bertz CT molecular complexity index is 656. The molecule has 128 valence electrons. The zero-order valence-electron chi connectivity index (χ0n) is 13.7. The van der Waals surface area contributed by atoms with E-state index in [0.717, 1.165) is 49.1 Å². The molecule has 1 aliphatic rings. The van der Waals surface area contributed by atoms with Crippen LogP contribution in [-0.2, 0) is 11.3 Å². The third-order valence-electron chi connectivity index (χ3n) is 3.93. The van der Waals surface area contributed by atoms with Crippen molar-refractivity contribution in [1.29, 1.82) is 0 Å². The van der Waals surface area contributed by atoms with Gasteiger partial charge in [0.05, 0.1) is 19.3 Å². The lowest BCUT2D eigenvalue weighted by atomic mass is 10.1. The molecule has 2 amide bonds. The van der Waals surface area contributed by atoms with Crippen molar-refractivity contribution in [2.75, 3.05) is 31.6 Å². The molecule has 2 heterocycles. The summed E-state index contributed by atoms with van der Waals surface area (Å²) in [7, 11) is 0. The molecule has 1 aromatic heterocycles. The number of hydrogen-bond acceptors (Lipinski definition) is 5. The van der Waals surface area contributed by atoms with Crippen molar-refractivity contribution in [2.24, 2.45) is 0 Å². The van der Waals surface area contributed by atoms with Crippen LogP contribution < -0.4 is 10.6 Å². The third-order valence-corrected chi connectivity index (χ3v) is 4.89. The average molecular weight is 346 g/mol. The highest BCUT2D eigenvalue weighted by Crippen LogP contribution is 2.19. The molecule has 1 atom stereocenters. The third kappa shape index (κ3) is 4.53. The van der Waals surface area contributed by atoms with Crippen LogP contribution in [0.15, 0.2) is 35.8 Å². The predicted octanol–water partition coefficient (Wildman–Crippen LogP) is 2.86. The molecule has 3 rings (SSSR count). The summed E-state index contributed by atoms with van der Waals surface area (Å²) in [5.74, 6) is 0. The van der Waals surface area contributed by atoms with Crippen LogP contribution in [0.1, 0.15) is 23.5 Å². The molecule has 0 aliphatic carbocycles. The molecule has 1 aliphatic heterocycles. The van der Waals surface area contributed by atoms with Gasteiger partial charge in [0.25, 0.3) is 0 Å². The first kappa shape index (κ1) is 16.9. The number of hydrogen-bond donors (Lipinski definition) is 2. The van der Waals surface area contributed by atoms with Gasteiger partial charge in [-0.25, -0.2) is 9.78 Å². The van der Waals surface area contributed by atoms with Crippen molar-refractivity contribution in [1.82, 2.24) is 15.2 Å². The molecule has 2 N–H and O–H groups in total. The number of amides is 2. The zero-order chi connectivity index (χ0) is 16.8. The number of carbonyl (C=O) groups excluding carboxylic acids is 1. The van der Waals surface area contributed by atoms with E-state index in [0.29, 0.717) is 0 Å². The molecule has 0 unspecified atom stereocenters. The summed E-state index contributed by atoms with van der Waals surface area (Å²) in [5.41, 5.74) is 1.95. The first-order chi connectivity index (χ1) is 11.7. The number of thiazole rings is 1. The molecular weight excluding hydrogens is 324 g/mol. The van der Waals surface area contributed by atoms with E-state index in [9.17, 15) is 4.79 Å². The number of benzene rings is 1. The molecule has 0 radical (unpaired) electrons. The zero-order valence-corrected chi connectivity index (χ0v) is 14.5. The Morgan fingerprint density at radius 2 is 2.17 bits per heavy atom. The maximum absolute atomic E-state index is 12.3. The fourth-order valence-corrected chi connectivity index (χ4v) is 3.29. The van der Waals surface area contributed by atoms with Crippen LogP contribution in [0.4, 0.5) is 10.5 Å². The smallest absolute Gasteiger partial charge is 0.319 e. The molecule has 0 saturated carbocycles. The van der Waals surface area contributed by atoms with Crippen molar-refractivity contribution < 1.29 is 9.53 Å². The summed E-state index contributed by atoms with van der Waals surface area (Å²) in [4.78, 5) is 18.8. The maximum atomic E-state index is 12.3. The van der Waals surface area contributed by atoms with Gasteiger partial charge in [0.15, 0.2) is 0 Å². The van der Waals surface area contributed by atoms with Crippen molar-refractivity contribution in [3.05, 3.63) is 46.4 Å². The lowest BCUT2D eigenvalue weighted by molar-refractivity contribution is 0.0343. The van der Waals surface area contributed by atoms with E-state index < -0.39 is 0 Å². The monoisotopic (exact) mass is 346 g/mol. The first-order valence-electron chi connectivity index (χ1n) is 8.07. The van der Waals surface area contributed by atoms with E-state index >= 15 is 0 Å². The van der Waals surface area contributed by atoms with Gasteiger partial charge in [-0.2, -0.15) is 0 Å². The summed E-state index contributed by atoms with van der Waals surface area (Å²) >= 11 is 1.53. The van der Waals surface area contributed by atoms with Gasteiger partial charge in [-0.15, -0.1) is 11.3 Å². The number of ether oxygens (including phenoxy) is 1. The Labute approximate surface area is 145 Å². The quantitative estimate of drug-likeness (QED) is 0.874. The largest absolute Gasteiger partial charge is 0.379 e. The molecule has 24 heavy (non-hydrogen) atoms. The summed E-state index contributed by atoms with van der Waals surface area (Å²) in [6.45, 7) is 6.10. The second-order valence-electron chi connectivity index (χ2n) is 5.74. The fraction of sp³-hybridized carbons (Fsp3) is 0.412. The predicted molar refractivity (Wildman–Crippen MR) is 95.2 cm³/mol. The second kappa shape index (κ2) is 8.23. The number of urea groups is 1. The first-order valence-corrected chi connectivity index (χ1v) is 8.95. The van der Waals surface area contributed by atoms with Crippen molar-refractivity contribution in [2.45, 2.75) is 19.5 Å². The Hall–Kier alpha value is -1.96. The van der Waals surface area contributed by atoms with E-state index in [1.54, 1.807) is 6.20 Å². The number of rotatable bonds is 5. The van der Waals surface area contributed by atoms with E-state index in [1.807, 2.05) is 30.5 Å². The molecule has 1 fully saturated rings. The molecule has 1 aromatic carbocycles. The standard InChI is InChI=1S/C17H22N4O2S/c1-13(16-18-6-11-24-16)19-17(22)20-15-5-3-2-4-14(15)12-21-7-9-23-10-8-21/h2-6,11,13H,7-10,12H2,1H3,(H2,19,20,22)/t13-/m0/s1. The molecule has 7 heteroatoms. The van der Waals surface area contributed by atoms with Crippen LogP contribution in [0.25, 0.3) is 0 Å². The Balaban J connectivity index is 1.60. The molecule has 6 nitrogen and oxygen atoms in total. The van der Waals surface area contributed by atoms with Crippen LogP contribution in [0.5, 0.6) is 0 Å². The van der Waals surface area contributed by atoms with Crippen LogP contribution in [-0.4, -0.2) is 42.2 Å². The minimum absolute atomic E-state index is 0.114. The van der Waals surface area contributed by atoms with Gasteiger partial charge in [0.2, 0.25) is 0 Å². The Morgan fingerprint density at radius 1 is 1.38 bits per heavy atom. The fourth-order valence-electron chi connectivity index (χ4n) is 2.65. The molecule has 0 spiro atoms. The Morgan fingerprint density at radius 3 is 2.92 bits per heavy atom. The number of aromatic nitrogens is 1. The number of carbonyl (C=O) groups is 1. The summed E-state index contributed by atoms with van der Waals surface area (Å²) in [6.07, 6.45) is 1.74. The highest BCUT2D eigenvalue weighted by molar-refractivity contribution is 7.09. The van der Waals surface area contributed by atoms with E-state index in [-0.39, 0.29) is 12.1 Å². The topological polar surface area (TPSA) is 66.5 Å². The summed E-state index contributed by atoms with van der Waals surface area (Å²) < 4.78 is 5.38. The van der Waals surface area contributed by atoms with Gasteiger partial charge in [-0.3, -0.25) is 4.90 Å². The maximum Gasteiger partial charge on any atom is 0.319 e. The molecule has 1 saturated heterocycles. The number of nitrogens with zero attached hydrogens (tertiary/aromatic N) is 2. The lowest BCUT2D eigenvalue weighted by Gasteiger charge is -2.27. The highest BCUT2D eigenvalue weighted by Gasteiger charge is 2.15. The van der Waals surface area contributed by atoms with Crippen molar-refractivity contribution in [3.63, 3.8) is 0 Å². The van der Waals surface area contributed by atoms with Gasteiger partial charge in [-0.1, -0.05) is 18.2 Å². The van der Waals surface area contributed by atoms with Crippen LogP contribution >= 0.6 is 11.3 Å². The number of morpholine rings is 1. The van der Waals surface area contributed by atoms with Gasteiger partial charge < -0.3 is 15.4 Å².